The molecule has 0 rings (SSSR count). The van der Waals surface area contributed by atoms with Crippen LogP contribution in [0.2, 0.25) is 0 Å². The van der Waals surface area contributed by atoms with Crippen molar-refractivity contribution in [2.45, 2.75) is 225 Å². The topological polar surface area (TPSA) is 108 Å². The van der Waals surface area contributed by atoms with Gasteiger partial charge in [-0.05, 0) is 109 Å². The predicted molar refractivity (Wildman–Crippen MR) is 315 cm³/mol. The smallest absolute Gasteiger partial charge is 0.268 e. The summed E-state index contributed by atoms with van der Waals surface area (Å²) in [6, 6.07) is -0.945. The van der Waals surface area contributed by atoms with Crippen molar-refractivity contribution in [3.63, 3.8) is 0 Å². The van der Waals surface area contributed by atoms with Crippen molar-refractivity contribution in [3.05, 3.63) is 134 Å². The maximum atomic E-state index is 13.0. The summed E-state index contributed by atoms with van der Waals surface area (Å²) in [5.74, 6) is -0.259. The van der Waals surface area contributed by atoms with E-state index < -0.39 is 26.6 Å². The van der Waals surface area contributed by atoms with Crippen molar-refractivity contribution in [1.82, 2.24) is 5.32 Å². The second-order valence-corrected chi connectivity index (χ2v) is 21.7. The number of carbonyl (C=O) groups excluding carboxylic acids is 1. The maximum absolute atomic E-state index is 13.0. The molecule has 0 aromatic heterocycles. The number of phosphoric acid groups is 1. The second-order valence-electron chi connectivity index (χ2n) is 20.2. The SMILES string of the molecule is CC/C=C\C/C=C\C/C=C\C/C=C\C/C=C\C/C=C\C/C=C\C/C=C\CCCCC(=O)NC(COP(=O)([O-])OCC[N+](C)(C)C)C(O)/C=C/CC/C=C/CC/C=C/CCCCCCCCCCCCCCCC. The molecule has 3 unspecified atom stereocenters. The van der Waals surface area contributed by atoms with Crippen LogP contribution < -0.4 is 10.2 Å². The average Bonchev–Trinajstić information content (AvgIpc) is 3.35. The summed E-state index contributed by atoms with van der Waals surface area (Å²) < 4.78 is 23.3. The minimum Gasteiger partial charge on any atom is -0.756 e. The second kappa shape index (κ2) is 53.5. The largest absolute Gasteiger partial charge is 0.756 e. The van der Waals surface area contributed by atoms with Gasteiger partial charge in [0.2, 0.25) is 5.91 Å². The molecule has 0 saturated heterocycles. The number of nitrogens with one attached hydrogen (secondary N) is 1. The summed E-state index contributed by atoms with van der Waals surface area (Å²) in [5, 5.41) is 13.8. The van der Waals surface area contributed by atoms with Crippen LogP contribution in [0.4, 0.5) is 0 Å². The molecule has 416 valence electrons. The Balaban J connectivity index is 4.43. The zero-order chi connectivity index (χ0) is 53.5. The van der Waals surface area contributed by atoms with Crippen LogP contribution in [0.5, 0.6) is 0 Å². The number of hydrogen-bond acceptors (Lipinski definition) is 6. The summed E-state index contributed by atoms with van der Waals surface area (Å²) in [6.45, 7) is 4.46. The Bertz CT molecular complexity index is 1640. The number of aliphatic hydroxyl groups is 1. The Labute approximate surface area is 449 Å². The van der Waals surface area contributed by atoms with E-state index in [1.165, 1.54) is 96.3 Å². The van der Waals surface area contributed by atoms with Crippen LogP contribution in [0.25, 0.3) is 0 Å². The standard InChI is InChI=1S/C64H109N2O6P/c1-6-8-10-12-14-16-18-20-22-24-26-28-30-32-33-34-36-38-40-42-44-46-48-50-52-54-56-58-64(68)65-62(61-72-73(69,70)71-60-59-66(3,4)5)63(67)57-55-53-51-49-47-45-43-41-39-37-35-31-29-27-25-23-21-19-17-15-13-11-9-7-2/h8,10,14,16,20,22,26,28,32-33,36,38-39,41-42,44,47-50,55,57,62-63,67H,6-7,9,11-13,15,17-19,21,23-25,27,29-31,34-35,37,40,43,45-46,51-54,56,58-61H2,1-5H3,(H-,65,68,69,70)/b10-8-,16-14-,22-20-,28-26-,33-32-,38-36-,41-39+,44-42-,49-47+,50-48-,57-55+. The first-order chi connectivity index (χ1) is 35.5. The minimum atomic E-state index is -4.63. The molecule has 9 heteroatoms. The fourth-order valence-electron chi connectivity index (χ4n) is 7.55. The Morgan fingerprint density at radius 1 is 0.493 bits per heavy atom. The van der Waals surface area contributed by atoms with E-state index in [0.717, 1.165) is 83.5 Å². The molecule has 0 aromatic rings. The highest BCUT2D eigenvalue weighted by atomic mass is 31.2. The summed E-state index contributed by atoms with van der Waals surface area (Å²) >= 11 is 0. The molecule has 3 atom stereocenters. The van der Waals surface area contributed by atoms with Gasteiger partial charge in [0.15, 0.2) is 0 Å². The van der Waals surface area contributed by atoms with Gasteiger partial charge in [-0.2, -0.15) is 0 Å². The van der Waals surface area contributed by atoms with E-state index in [2.05, 4.69) is 141 Å². The number of likely N-dealkylation sites (N-methyl/N-ethyl adjacent to an activating group) is 1. The first-order valence-corrected chi connectivity index (χ1v) is 30.5. The normalized spacial score (nSPS) is 14.9. The van der Waals surface area contributed by atoms with E-state index in [1.54, 1.807) is 6.08 Å². The van der Waals surface area contributed by atoms with Crippen molar-refractivity contribution >= 4 is 13.7 Å². The maximum Gasteiger partial charge on any atom is 0.268 e. The van der Waals surface area contributed by atoms with Gasteiger partial charge in [-0.3, -0.25) is 9.36 Å². The van der Waals surface area contributed by atoms with Crippen LogP contribution in [0.1, 0.15) is 213 Å². The highest BCUT2D eigenvalue weighted by Crippen LogP contribution is 2.38. The number of nitrogens with zero attached hydrogens (tertiary/aromatic N) is 1. The van der Waals surface area contributed by atoms with Gasteiger partial charge < -0.3 is 28.8 Å². The third kappa shape index (κ3) is 56.2. The predicted octanol–water partition coefficient (Wildman–Crippen LogP) is 17.3. The number of hydrogen-bond donors (Lipinski definition) is 2. The fourth-order valence-corrected chi connectivity index (χ4v) is 8.28. The van der Waals surface area contributed by atoms with E-state index in [9.17, 15) is 19.4 Å². The lowest BCUT2D eigenvalue weighted by atomic mass is 10.0. The van der Waals surface area contributed by atoms with Gasteiger partial charge in [-0.15, -0.1) is 0 Å². The zero-order valence-corrected chi connectivity index (χ0v) is 48.2. The van der Waals surface area contributed by atoms with E-state index in [-0.39, 0.29) is 18.9 Å². The first-order valence-electron chi connectivity index (χ1n) is 29.0. The number of aliphatic hydroxyl groups excluding tert-OH is 1. The van der Waals surface area contributed by atoms with Crippen LogP contribution in [0.3, 0.4) is 0 Å². The number of rotatable bonds is 51. The van der Waals surface area contributed by atoms with Crippen LogP contribution in [0.15, 0.2) is 134 Å². The molecule has 0 saturated carbocycles. The fraction of sp³-hybridized carbons (Fsp3) is 0.641. The summed E-state index contributed by atoms with van der Waals surface area (Å²) in [5.41, 5.74) is 0. The van der Waals surface area contributed by atoms with Gasteiger partial charge in [0.1, 0.15) is 13.2 Å². The van der Waals surface area contributed by atoms with E-state index >= 15 is 0 Å². The Morgan fingerprint density at radius 3 is 1.27 bits per heavy atom. The van der Waals surface area contributed by atoms with Gasteiger partial charge in [0.05, 0.1) is 39.9 Å². The molecule has 0 heterocycles. The molecule has 0 bridgehead atoms. The lowest BCUT2D eigenvalue weighted by Gasteiger charge is -2.29. The Hall–Kier alpha value is -3.36. The number of quaternary nitrogens is 1. The molecule has 0 aliphatic heterocycles. The number of allylic oxidation sites excluding steroid dienone is 21. The summed E-state index contributed by atoms with van der Waals surface area (Å²) in [4.78, 5) is 25.5. The van der Waals surface area contributed by atoms with Crippen molar-refractivity contribution in [3.8, 4) is 0 Å². The number of unbranched alkanes of at least 4 members (excludes halogenated alkanes) is 18. The summed E-state index contributed by atoms with van der Waals surface area (Å²) in [6.07, 6.45) is 81.1. The van der Waals surface area contributed by atoms with Crippen molar-refractivity contribution in [2.75, 3.05) is 40.9 Å². The van der Waals surface area contributed by atoms with Crippen LogP contribution in [-0.4, -0.2) is 68.5 Å². The van der Waals surface area contributed by atoms with E-state index in [4.69, 9.17) is 9.05 Å². The highest BCUT2D eigenvalue weighted by molar-refractivity contribution is 7.45. The summed E-state index contributed by atoms with van der Waals surface area (Å²) in [7, 11) is 1.18. The molecule has 73 heavy (non-hydrogen) atoms. The van der Waals surface area contributed by atoms with E-state index in [1.807, 2.05) is 27.2 Å². The highest BCUT2D eigenvalue weighted by Gasteiger charge is 2.23. The molecule has 2 N–H and O–H groups in total. The molecular weight excluding hydrogens is 924 g/mol. The molecule has 0 aromatic carbocycles. The number of amides is 1. The van der Waals surface area contributed by atoms with Crippen LogP contribution in [0, 0.1) is 0 Å². The van der Waals surface area contributed by atoms with Crippen LogP contribution in [-0.2, 0) is 18.4 Å². The van der Waals surface area contributed by atoms with Crippen molar-refractivity contribution < 1.29 is 32.9 Å². The van der Waals surface area contributed by atoms with Gasteiger partial charge in [0, 0.05) is 6.42 Å². The molecule has 0 aliphatic rings. The van der Waals surface area contributed by atoms with Gasteiger partial charge in [0.25, 0.3) is 7.82 Å². The van der Waals surface area contributed by atoms with Crippen molar-refractivity contribution in [2.24, 2.45) is 0 Å². The lowest BCUT2D eigenvalue weighted by molar-refractivity contribution is -0.870. The average molecular weight is 1030 g/mol. The van der Waals surface area contributed by atoms with Crippen LogP contribution >= 0.6 is 7.82 Å². The molecule has 8 nitrogen and oxygen atoms in total. The molecule has 1 amide bonds. The number of phosphoric ester groups is 1. The number of carbonyl (C=O) groups is 1. The van der Waals surface area contributed by atoms with Crippen molar-refractivity contribution in [1.29, 1.82) is 0 Å². The minimum absolute atomic E-state index is 0.0256. The monoisotopic (exact) mass is 1030 g/mol. The Kier molecular flexibility index (Phi) is 51.0. The molecular formula is C64H109N2O6P. The lowest BCUT2D eigenvalue weighted by Crippen LogP contribution is -2.45. The third-order valence-electron chi connectivity index (χ3n) is 12.1. The van der Waals surface area contributed by atoms with Gasteiger partial charge in [-0.1, -0.05) is 231 Å². The first kappa shape index (κ1) is 69.6. The molecule has 0 radical (unpaired) electrons. The molecule has 0 spiro atoms. The van der Waals surface area contributed by atoms with Gasteiger partial charge in [-0.25, -0.2) is 0 Å². The molecule has 0 fully saturated rings. The molecule has 0 aliphatic carbocycles. The Morgan fingerprint density at radius 2 is 0.849 bits per heavy atom. The quantitative estimate of drug-likeness (QED) is 0.0272. The van der Waals surface area contributed by atoms with E-state index in [0.29, 0.717) is 23.9 Å². The third-order valence-corrected chi connectivity index (χ3v) is 13.0. The van der Waals surface area contributed by atoms with Gasteiger partial charge >= 0.3 is 0 Å². The zero-order valence-electron chi connectivity index (χ0n) is 47.3.